The molecular formula is C61H29F3N8. The Hall–Kier alpha value is -10.7. The summed E-state index contributed by atoms with van der Waals surface area (Å²) in [5, 5.41) is 63.7. The van der Waals surface area contributed by atoms with Crippen LogP contribution in [0.2, 0.25) is 0 Å². The Labute approximate surface area is 409 Å². The average Bonchev–Trinajstić information content (AvgIpc) is 3.93. The number of hydrogen-bond acceptors (Lipinski definition) is 6. The topological polar surface area (TPSA) is 153 Å². The van der Waals surface area contributed by atoms with Gasteiger partial charge in [-0.05, 0) is 130 Å². The van der Waals surface area contributed by atoms with Gasteiger partial charge in [0.2, 0.25) is 0 Å². The Morgan fingerprint density at radius 2 is 0.736 bits per heavy atom. The lowest BCUT2D eigenvalue weighted by Gasteiger charge is -2.20. The number of alkyl halides is 3. The van der Waals surface area contributed by atoms with Gasteiger partial charge in [0.05, 0.1) is 109 Å². The molecule has 0 bridgehead atoms. The summed E-state index contributed by atoms with van der Waals surface area (Å²) in [6.07, 6.45) is -4.67. The summed E-state index contributed by atoms with van der Waals surface area (Å²) >= 11 is 0. The van der Waals surface area contributed by atoms with Crippen molar-refractivity contribution < 1.29 is 13.2 Å². The van der Waals surface area contributed by atoms with Gasteiger partial charge in [-0.1, -0.05) is 78.9 Å². The minimum absolute atomic E-state index is 0.160. The third kappa shape index (κ3) is 7.12. The van der Waals surface area contributed by atoms with Gasteiger partial charge in [0.1, 0.15) is 0 Å². The highest BCUT2D eigenvalue weighted by atomic mass is 19.4. The summed E-state index contributed by atoms with van der Waals surface area (Å²) in [6, 6.07) is 64.6. The zero-order chi connectivity index (χ0) is 49.8. The molecule has 0 aliphatic carbocycles. The maximum absolute atomic E-state index is 14.0. The van der Waals surface area contributed by atoms with E-state index in [1.807, 2.05) is 109 Å². The number of para-hydroxylation sites is 2. The smallest absolute Gasteiger partial charge is 0.309 e. The molecule has 0 saturated heterocycles. The van der Waals surface area contributed by atoms with Crippen LogP contribution in [0.1, 0.15) is 38.9 Å². The Bertz CT molecular complexity index is 4420. The molecule has 0 spiro atoms. The number of rotatable bonds is 6. The van der Waals surface area contributed by atoms with Crippen molar-refractivity contribution in [2.75, 3.05) is 0 Å². The molecule has 0 amide bonds. The number of nitriles is 6. The summed E-state index contributed by atoms with van der Waals surface area (Å²) in [7, 11) is 0. The third-order valence-corrected chi connectivity index (χ3v) is 13.2. The number of hydrogen-bond donors (Lipinski definition) is 0. The minimum atomic E-state index is -4.67. The van der Waals surface area contributed by atoms with Crippen LogP contribution < -0.4 is 0 Å². The fourth-order valence-corrected chi connectivity index (χ4v) is 9.91. The second-order valence-corrected chi connectivity index (χ2v) is 17.1. The molecular weight excluding hydrogens is 902 g/mol. The highest BCUT2D eigenvalue weighted by Crippen LogP contribution is 2.45. The molecule has 0 atom stereocenters. The molecule has 11 rings (SSSR count). The fraction of sp³-hybridized carbons (Fsp3) is 0.0164. The standard InChI is InChI=1S/C61H29F3N8/c62-61(63,64)45-15-19-48(44(26-45)35-70)41-13-21-58(71-55-7-3-1-5-49(55)52-27-39(12-20-57(52)71)46-16-9-36(30-65)23-42(46)33-68)54(29-41)51-18-11-38(32-67)25-60(51)72-56-8-4-2-6-50(56)53-28-40(14-22-59(53)72)47-17-10-37(31-66)24-43(47)34-69/h1-29H. The Morgan fingerprint density at radius 3 is 1.24 bits per heavy atom. The molecule has 0 aliphatic rings. The molecule has 0 fully saturated rings. The van der Waals surface area contributed by atoms with E-state index in [9.17, 15) is 44.7 Å². The summed E-state index contributed by atoms with van der Waals surface area (Å²) in [5.74, 6) is 0. The second kappa shape index (κ2) is 17.1. The molecule has 72 heavy (non-hydrogen) atoms. The van der Waals surface area contributed by atoms with E-state index < -0.39 is 11.7 Å². The van der Waals surface area contributed by atoms with E-state index in [1.165, 1.54) is 6.07 Å². The van der Waals surface area contributed by atoms with Crippen LogP contribution in [-0.2, 0) is 6.18 Å². The average molecular weight is 931 g/mol. The normalized spacial score (nSPS) is 11.2. The van der Waals surface area contributed by atoms with E-state index in [2.05, 4.69) is 39.5 Å². The monoisotopic (exact) mass is 930 g/mol. The van der Waals surface area contributed by atoms with E-state index in [0.717, 1.165) is 66.9 Å². The van der Waals surface area contributed by atoms with Gasteiger partial charge in [-0.3, -0.25) is 0 Å². The van der Waals surface area contributed by atoms with E-state index in [1.54, 1.807) is 54.6 Å². The van der Waals surface area contributed by atoms with Gasteiger partial charge in [-0.25, -0.2) is 0 Å². The molecule has 0 N–H and O–H groups in total. The van der Waals surface area contributed by atoms with Crippen molar-refractivity contribution >= 4 is 43.6 Å². The molecule has 0 aliphatic heterocycles. The predicted octanol–water partition coefficient (Wildman–Crippen LogP) is 14.8. The summed E-state index contributed by atoms with van der Waals surface area (Å²) in [6.45, 7) is 0. The quantitative estimate of drug-likeness (QED) is 0.162. The zero-order valence-electron chi connectivity index (χ0n) is 37.5. The van der Waals surface area contributed by atoms with Gasteiger partial charge >= 0.3 is 6.18 Å². The molecule has 8 nitrogen and oxygen atoms in total. The SMILES string of the molecule is N#Cc1ccc(-c2ccc3c(c2)c2ccccc2n3-c2ccc(-c3ccc(C(F)(F)F)cc3C#N)cc2-c2ccc(C#N)cc2-n2c3ccccc3c3cc(-c4ccc(C#N)cc4C#N)ccc32)c(C#N)c1. The predicted molar refractivity (Wildman–Crippen MR) is 270 cm³/mol. The van der Waals surface area contributed by atoms with Crippen molar-refractivity contribution in [3.05, 3.63) is 215 Å². The van der Waals surface area contributed by atoms with Gasteiger partial charge in [-0.15, -0.1) is 0 Å². The Morgan fingerprint density at radius 1 is 0.319 bits per heavy atom. The van der Waals surface area contributed by atoms with E-state index in [4.69, 9.17) is 0 Å². The number of benzene rings is 9. The minimum Gasteiger partial charge on any atom is -0.309 e. The molecule has 2 aromatic heterocycles. The first-order chi connectivity index (χ1) is 35.0. The molecule has 9 aromatic carbocycles. The molecule has 0 saturated carbocycles. The van der Waals surface area contributed by atoms with Gasteiger partial charge in [0, 0.05) is 32.7 Å². The molecule has 2 heterocycles. The molecule has 0 unspecified atom stereocenters. The van der Waals surface area contributed by atoms with Crippen LogP contribution in [0, 0.1) is 68.0 Å². The molecule has 334 valence electrons. The summed E-state index contributed by atoms with van der Waals surface area (Å²) in [4.78, 5) is 0. The first-order valence-electron chi connectivity index (χ1n) is 22.3. The first kappa shape index (κ1) is 43.9. The molecule has 11 heteroatoms. The van der Waals surface area contributed by atoms with Crippen LogP contribution in [-0.4, -0.2) is 9.13 Å². The van der Waals surface area contributed by atoms with E-state index in [0.29, 0.717) is 72.6 Å². The highest BCUT2D eigenvalue weighted by molar-refractivity contribution is 6.13. The van der Waals surface area contributed by atoms with Crippen LogP contribution in [0.4, 0.5) is 13.2 Å². The number of aromatic nitrogens is 2. The summed E-state index contributed by atoms with van der Waals surface area (Å²) < 4.78 is 46.3. The Kier molecular flexibility index (Phi) is 10.4. The van der Waals surface area contributed by atoms with Crippen molar-refractivity contribution in [3.63, 3.8) is 0 Å². The Balaban J connectivity index is 1.21. The van der Waals surface area contributed by atoms with Crippen molar-refractivity contribution in [3.8, 4) is 92.3 Å². The lowest BCUT2D eigenvalue weighted by Crippen LogP contribution is -2.05. The summed E-state index contributed by atoms with van der Waals surface area (Å²) in [5.41, 5.74) is 10.1. The highest BCUT2D eigenvalue weighted by Gasteiger charge is 2.31. The number of fused-ring (bicyclic) bond motifs is 6. The third-order valence-electron chi connectivity index (χ3n) is 13.2. The van der Waals surface area contributed by atoms with Gasteiger partial charge < -0.3 is 9.13 Å². The van der Waals surface area contributed by atoms with Crippen molar-refractivity contribution in [2.45, 2.75) is 6.18 Å². The molecule has 11 aromatic rings. The van der Waals surface area contributed by atoms with Gasteiger partial charge in [0.15, 0.2) is 0 Å². The van der Waals surface area contributed by atoms with Crippen LogP contribution in [0.15, 0.2) is 176 Å². The van der Waals surface area contributed by atoms with Crippen LogP contribution in [0.5, 0.6) is 0 Å². The number of halogens is 3. The zero-order valence-corrected chi connectivity index (χ0v) is 37.5. The van der Waals surface area contributed by atoms with Crippen molar-refractivity contribution in [1.82, 2.24) is 9.13 Å². The van der Waals surface area contributed by atoms with Gasteiger partial charge in [-0.2, -0.15) is 44.7 Å². The van der Waals surface area contributed by atoms with Crippen LogP contribution >= 0.6 is 0 Å². The van der Waals surface area contributed by atoms with Crippen LogP contribution in [0.25, 0.3) is 99.5 Å². The van der Waals surface area contributed by atoms with E-state index >= 15 is 0 Å². The first-order valence-corrected chi connectivity index (χ1v) is 22.3. The lowest BCUT2D eigenvalue weighted by molar-refractivity contribution is -0.137. The van der Waals surface area contributed by atoms with Crippen molar-refractivity contribution in [1.29, 1.82) is 31.6 Å². The molecule has 0 radical (unpaired) electrons. The number of nitrogens with zero attached hydrogens (tertiary/aromatic N) is 8. The second-order valence-electron chi connectivity index (χ2n) is 17.1. The van der Waals surface area contributed by atoms with Crippen LogP contribution in [0.3, 0.4) is 0 Å². The maximum atomic E-state index is 14.0. The van der Waals surface area contributed by atoms with Crippen molar-refractivity contribution in [2.24, 2.45) is 0 Å². The largest absolute Gasteiger partial charge is 0.416 e. The van der Waals surface area contributed by atoms with Gasteiger partial charge in [0.25, 0.3) is 0 Å². The maximum Gasteiger partial charge on any atom is 0.416 e. The fourth-order valence-electron chi connectivity index (χ4n) is 9.91. The lowest BCUT2D eigenvalue weighted by atomic mass is 9.92. The van der Waals surface area contributed by atoms with E-state index in [-0.39, 0.29) is 5.56 Å².